The standard InChI is InChI=1S/C3H6O5S.Ba.Ca.4H/c1-2-3(4)8-9(5,6)7;;;;;;/h2H2,1H3,(H,5,6,7);;;;;;. The number of hydrogen-bond donors (Lipinski definition) is 1. The van der Waals surface area contributed by atoms with Gasteiger partial charge in [0.1, 0.15) is 0 Å². The normalized spacial score (nSPS) is 8.91. The first kappa shape index (κ1) is 18.9. The second kappa shape index (κ2) is 8.79. The zero-order valence-corrected chi connectivity index (χ0v) is 5.51. The van der Waals surface area contributed by atoms with Crippen LogP contribution >= 0.6 is 0 Å². The molecule has 0 aliphatic rings. The maximum atomic E-state index is 10.1. The third-order valence-electron chi connectivity index (χ3n) is 0.487. The van der Waals surface area contributed by atoms with Gasteiger partial charge in [-0.25, -0.2) is 0 Å². The molecular formula is C3H10BaCaO5S. The van der Waals surface area contributed by atoms with Crippen LogP contribution in [0.5, 0.6) is 0 Å². The fourth-order valence-electron chi connectivity index (χ4n) is 0.176. The van der Waals surface area contributed by atoms with Gasteiger partial charge in [-0.3, -0.25) is 9.35 Å². The van der Waals surface area contributed by atoms with Gasteiger partial charge in [-0.1, -0.05) is 6.92 Å². The van der Waals surface area contributed by atoms with E-state index < -0.39 is 16.4 Å². The molecule has 1 N–H and O–H groups in total. The Bertz CT molecular complexity index is 200. The monoisotopic (exact) mass is 336 g/mol. The van der Waals surface area contributed by atoms with Crippen LogP contribution < -0.4 is 0 Å². The van der Waals surface area contributed by atoms with Crippen molar-refractivity contribution in [2.45, 2.75) is 13.3 Å². The third-order valence-corrected chi connectivity index (χ3v) is 0.883. The summed E-state index contributed by atoms with van der Waals surface area (Å²) in [4.78, 5) is 10.1. The SMILES string of the molecule is CCC(=O)OS(=O)(=O)O.[BaH2].[CaH2]. The summed E-state index contributed by atoms with van der Waals surface area (Å²) < 4.78 is 30.8. The Kier molecular flexibility index (Phi) is 15.1. The van der Waals surface area contributed by atoms with Gasteiger partial charge in [-0.2, -0.15) is 8.42 Å². The van der Waals surface area contributed by atoms with Gasteiger partial charge in [-0.15, -0.1) is 0 Å². The van der Waals surface area contributed by atoms with Gasteiger partial charge >= 0.3 is 103 Å². The van der Waals surface area contributed by atoms with Crippen LogP contribution in [0.1, 0.15) is 13.3 Å². The van der Waals surface area contributed by atoms with E-state index in [1.807, 2.05) is 0 Å². The van der Waals surface area contributed by atoms with Crippen LogP contribution in [0.15, 0.2) is 0 Å². The van der Waals surface area contributed by atoms with Crippen molar-refractivity contribution in [2.24, 2.45) is 0 Å². The average Bonchev–Trinajstić information content (AvgIpc) is 1.62. The van der Waals surface area contributed by atoms with E-state index in [2.05, 4.69) is 4.18 Å². The predicted octanol–water partition coefficient (Wildman–Crippen LogP) is -2.09. The molecular weight excluding hydrogens is 326 g/mol. The average molecular weight is 336 g/mol. The van der Waals surface area contributed by atoms with Gasteiger partial charge in [0.2, 0.25) is 0 Å². The molecule has 0 radical (unpaired) electrons. The van der Waals surface area contributed by atoms with Gasteiger partial charge < -0.3 is 4.18 Å². The molecule has 0 saturated carbocycles. The summed E-state index contributed by atoms with van der Waals surface area (Å²) in [5, 5.41) is 0. The molecule has 0 saturated heterocycles. The molecule has 0 bridgehead atoms. The minimum atomic E-state index is -4.58. The number of rotatable bonds is 2. The summed E-state index contributed by atoms with van der Waals surface area (Å²) in [6, 6.07) is 0. The summed E-state index contributed by atoms with van der Waals surface area (Å²) in [6.07, 6.45) is -0.0835. The van der Waals surface area contributed by atoms with E-state index in [4.69, 9.17) is 4.55 Å². The molecule has 8 heteroatoms. The van der Waals surface area contributed by atoms with Gasteiger partial charge in [0.25, 0.3) is 0 Å². The Labute approximate surface area is 135 Å². The molecule has 11 heavy (non-hydrogen) atoms. The molecule has 0 heterocycles. The van der Waals surface area contributed by atoms with Crippen molar-refractivity contribution in [3.8, 4) is 0 Å². The molecule has 0 aliphatic heterocycles. The van der Waals surface area contributed by atoms with Gasteiger partial charge in [0, 0.05) is 6.42 Å². The Morgan fingerprint density at radius 1 is 1.55 bits per heavy atom. The predicted molar refractivity (Wildman–Crippen MR) is 45.0 cm³/mol. The second-order valence-corrected chi connectivity index (χ2v) is 2.26. The molecule has 0 spiro atoms. The van der Waals surface area contributed by atoms with Crippen molar-refractivity contribution in [2.75, 3.05) is 0 Å². The molecule has 0 aromatic carbocycles. The molecule has 0 aliphatic carbocycles. The summed E-state index contributed by atoms with van der Waals surface area (Å²) in [5.41, 5.74) is 0. The van der Waals surface area contributed by atoms with E-state index in [9.17, 15) is 13.2 Å². The number of hydrogen-bond acceptors (Lipinski definition) is 4. The van der Waals surface area contributed by atoms with Crippen LogP contribution in [0.25, 0.3) is 0 Å². The van der Waals surface area contributed by atoms with Crippen LogP contribution in [-0.2, 0) is 19.4 Å². The zero-order chi connectivity index (χ0) is 7.49. The molecule has 0 atom stereocenters. The number of carbonyl (C=O) groups is 1. The van der Waals surface area contributed by atoms with Crippen molar-refractivity contribution >= 4 is 103 Å². The van der Waals surface area contributed by atoms with Crippen LogP contribution in [0.2, 0.25) is 0 Å². The summed E-state index contributed by atoms with van der Waals surface area (Å²) >= 11 is 0. The first-order chi connectivity index (χ1) is 3.95. The van der Waals surface area contributed by atoms with E-state index in [0.717, 1.165) is 0 Å². The van der Waals surface area contributed by atoms with Crippen molar-refractivity contribution in [3.05, 3.63) is 0 Å². The first-order valence-electron chi connectivity index (χ1n) is 2.15. The van der Waals surface area contributed by atoms with E-state index in [-0.39, 0.29) is 93.0 Å². The zero-order valence-electron chi connectivity index (χ0n) is 4.70. The molecule has 62 valence electrons. The second-order valence-electron chi connectivity index (χ2n) is 1.24. The number of carbonyl (C=O) groups excluding carboxylic acids is 1. The van der Waals surface area contributed by atoms with E-state index >= 15 is 0 Å². The Hall–Kier alpha value is 2.21. The van der Waals surface area contributed by atoms with Crippen molar-refractivity contribution in [1.29, 1.82) is 0 Å². The van der Waals surface area contributed by atoms with Crippen LogP contribution in [-0.4, -0.2) is 106 Å². The van der Waals surface area contributed by atoms with Gasteiger partial charge in [0.15, 0.2) is 0 Å². The summed E-state index contributed by atoms with van der Waals surface area (Å²) in [6.45, 7) is 1.41. The summed E-state index contributed by atoms with van der Waals surface area (Å²) in [5.74, 6) is -0.975. The third kappa shape index (κ3) is 15.0. The van der Waals surface area contributed by atoms with Crippen LogP contribution in [0, 0.1) is 0 Å². The Balaban J connectivity index is -0.000000320. The molecule has 0 aromatic heterocycles. The molecule has 0 aromatic rings. The van der Waals surface area contributed by atoms with Gasteiger partial charge in [0.05, 0.1) is 0 Å². The molecule has 0 fully saturated rings. The summed E-state index contributed by atoms with van der Waals surface area (Å²) in [7, 11) is -4.58. The van der Waals surface area contributed by atoms with E-state index in [0.29, 0.717) is 0 Å². The quantitative estimate of drug-likeness (QED) is 0.462. The van der Waals surface area contributed by atoms with Crippen molar-refractivity contribution in [1.82, 2.24) is 0 Å². The van der Waals surface area contributed by atoms with Gasteiger partial charge in [-0.05, 0) is 0 Å². The van der Waals surface area contributed by atoms with Crippen LogP contribution in [0.4, 0.5) is 0 Å². The molecule has 5 nitrogen and oxygen atoms in total. The van der Waals surface area contributed by atoms with Crippen LogP contribution in [0.3, 0.4) is 0 Å². The first-order valence-corrected chi connectivity index (χ1v) is 3.52. The fraction of sp³-hybridized carbons (Fsp3) is 0.667. The topological polar surface area (TPSA) is 80.7 Å². The molecule has 0 amide bonds. The molecule has 0 unspecified atom stereocenters. The maximum absolute atomic E-state index is 10.1. The Morgan fingerprint density at radius 2 is 1.91 bits per heavy atom. The van der Waals surface area contributed by atoms with Crippen molar-refractivity contribution < 1.29 is 21.9 Å². The van der Waals surface area contributed by atoms with E-state index in [1.165, 1.54) is 6.92 Å². The Morgan fingerprint density at radius 3 is 2.00 bits per heavy atom. The minimum absolute atomic E-state index is 0. The molecule has 0 rings (SSSR count). The van der Waals surface area contributed by atoms with Crippen molar-refractivity contribution in [3.63, 3.8) is 0 Å². The fourth-order valence-corrected chi connectivity index (χ4v) is 0.529. The van der Waals surface area contributed by atoms with E-state index in [1.54, 1.807) is 0 Å².